The van der Waals surface area contributed by atoms with Crippen LogP contribution in [0, 0.1) is 15.9 Å². The zero-order chi connectivity index (χ0) is 13.9. The maximum atomic E-state index is 13.4. The van der Waals surface area contributed by atoms with E-state index in [1.165, 1.54) is 6.07 Å². The molecule has 7 heteroatoms. The Morgan fingerprint density at radius 1 is 1.56 bits per heavy atom. The first kappa shape index (κ1) is 15.2. The van der Waals surface area contributed by atoms with Gasteiger partial charge in [0.25, 0.3) is 5.69 Å². The van der Waals surface area contributed by atoms with Crippen molar-refractivity contribution in [2.45, 2.75) is 18.6 Å². The fourth-order valence-corrected chi connectivity index (χ4v) is 1.76. The standard InChI is InChI=1S/C11H14BrFN2O2S/c1-11(2,18-3)6-14-9-5-8(13)7(12)4-10(9)15(16)17/h4-5,14H,6H2,1-3H3. The van der Waals surface area contributed by atoms with Crippen molar-refractivity contribution in [2.75, 3.05) is 18.1 Å². The molecular formula is C11H14BrFN2O2S. The van der Waals surface area contributed by atoms with E-state index in [0.717, 1.165) is 6.07 Å². The summed E-state index contributed by atoms with van der Waals surface area (Å²) in [6.45, 7) is 4.52. The number of hydrogen-bond donors (Lipinski definition) is 1. The molecule has 0 aromatic heterocycles. The molecule has 0 unspecified atom stereocenters. The smallest absolute Gasteiger partial charge is 0.293 e. The second-order valence-corrected chi connectivity index (χ2v) is 6.73. The molecule has 100 valence electrons. The van der Waals surface area contributed by atoms with E-state index in [1.807, 2.05) is 20.1 Å². The molecule has 0 atom stereocenters. The Bertz CT molecular complexity index is 469. The third kappa shape index (κ3) is 3.84. The van der Waals surface area contributed by atoms with Crippen molar-refractivity contribution < 1.29 is 9.31 Å². The third-order valence-corrected chi connectivity index (χ3v) is 4.35. The van der Waals surface area contributed by atoms with Gasteiger partial charge in [0.1, 0.15) is 11.5 Å². The zero-order valence-corrected chi connectivity index (χ0v) is 12.7. The lowest BCUT2D eigenvalue weighted by Crippen LogP contribution is -2.26. The molecule has 1 aromatic rings. The van der Waals surface area contributed by atoms with Crippen LogP contribution in [0.15, 0.2) is 16.6 Å². The summed E-state index contributed by atoms with van der Waals surface area (Å²) in [5.41, 5.74) is 0.0583. The molecule has 1 N–H and O–H groups in total. The number of rotatable bonds is 5. The minimum absolute atomic E-state index is 0.0859. The highest BCUT2D eigenvalue weighted by molar-refractivity contribution is 9.10. The van der Waals surface area contributed by atoms with Gasteiger partial charge in [-0.25, -0.2) is 4.39 Å². The Morgan fingerprint density at radius 3 is 2.67 bits per heavy atom. The molecular weight excluding hydrogens is 323 g/mol. The van der Waals surface area contributed by atoms with Crippen LogP contribution in [0.3, 0.4) is 0 Å². The Labute approximate surface area is 118 Å². The Morgan fingerprint density at radius 2 is 2.17 bits per heavy atom. The predicted molar refractivity (Wildman–Crippen MR) is 76.8 cm³/mol. The van der Waals surface area contributed by atoms with Crippen LogP contribution in [0.2, 0.25) is 0 Å². The number of nitrogens with one attached hydrogen (secondary N) is 1. The minimum Gasteiger partial charge on any atom is -0.378 e. The van der Waals surface area contributed by atoms with Crippen molar-refractivity contribution in [3.05, 3.63) is 32.5 Å². The number of anilines is 1. The first-order chi connectivity index (χ1) is 8.26. The van der Waals surface area contributed by atoms with Crippen LogP contribution in [-0.4, -0.2) is 22.5 Å². The molecule has 0 aliphatic heterocycles. The average Bonchev–Trinajstić information content (AvgIpc) is 2.30. The van der Waals surface area contributed by atoms with Crippen molar-refractivity contribution in [3.63, 3.8) is 0 Å². The van der Waals surface area contributed by atoms with Crippen LogP contribution in [0.4, 0.5) is 15.8 Å². The molecule has 0 radical (unpaired) electrons. The van der Waals surface area contributed by atoms with Crippen molar-refractivity contribution in [1.82, 2.24) is 0 Å². The van der Waals surface area contributed by atoms with E-state index in [-0.39, 0.29) is 20.6 Å². The Balaban J connectivity index is 3.01. The van der Waals surface area contributed by atoms with E-state index in [0.29, 0.717) is 6.54 Å². The minimum atomic E-state index is -0.529. The number of nitro benzene ring substituents is 1. The summed E-state index contributed by atoms with van der Waals surface area (Å²) in [6.07, 6.45) is 1.96. The molecule has 1 aromatic carbocycles. The average molecular weight is 337 g/mol. The lowest BCUT2D eigenvalue weighted by Gasteiger charge is -2.22. The molecule has 18 heavy (non-hydrogen) atoms. The van der Waals surface area contributed by atoms with E-state index < -0.39 is 10.7 Å². The largest absolute Gasteiger partial charge is 0.378 e. The molecule has 1 rings (SSSR count). The lowest BCUT2D eigenvalue weighted by molar-refractivity contribution is -0.384. The summed E-state index contributed by atoms with van der Waals surface area (Å²) < 4.78 is 13.4. The SMILES string of the molecule is CSC(C)(C)CNc1cc(F)c(Br)cc1[N+](=O)[O-]. The summed E-state index contributed by atoms with van der Waals surface area (Å²) in [7, 11) is 0. The molecule has 0 spiro atoms. The number of nitrogens with zero attached hydrogens (tertiary/aromatic N) is 1. The number of thioether (sulfide) groups is 1. The van der Waals surface area contributed by atoms with Gasteiger partial charge in [-0.15, -0.1) is 0 Å². The summed E-state index contributed by atoms with van der Waals surface area (Å²) in [5.74, 6) is -0.523. The van der Waals surface area contributed by atoms with Crippen molar-refractivity contribution in [2.24, 2.45) is 0 Å². The molecule has 0 aliphatic carbocycles. The topological polar surface area (TPSA) is 55.2 Å². The van der Waals surface area contributed by atoms with Gasteiger partial charge in [-0.05, 0) is 36.0 Å². The Kier molecular flexibility index (Phi) is 4.98. The highest BCUT2D eigenvalue weighted by Gasteiger charge is 2.21. The first-order valence-electron chi connectivity index (χ1n) is 5.19. The van der Waals surface area contributed by atoms with Gasteiger partial charge in [-0.2, -0.15) is 11.8 Å². The van der Waals surface area contributed by atoms with Gasteiger partial charge >= 0.3 is 0 Å². The number of hydrogen-bond acceptors (Lipinski definition) is 4. The van der Waals surface area contributed by atoms with Crippen molar-refractivity contribution >= 4 is 39.1 Å². The first-order valence-corrected chi connectivity index (χ1v) is 7.21. The van der Waals surface area contributed by atoms with Gasteiger partial charge < -0.3 is 5.32 Å². The van der Waals surface area contributed by atoms with Gasteiger partial charge in [-0.1, -0.05) is 0 Å². The number of benzene rings is 1. The lowest BCUT2D eigenvalue weighted by atomic mass is 10.2. The number of nitro groups is 1. The van der Waals surface area contributed by atoms with Gasteiger partial charge in [0.05, 0.1) is 9.40 Å². The van der Waals surface area contributed by atoms with E-state index in [4.69, 9.17) is 0 Å². The zero-order valence-electron chi connectivity index (χ0n) is 10.3. The summed E-state index contributed by atoms with van der Waals surface area (Å²) in [5, 5.41) is 13.8. The summed E-state index contributed by atoms with van der Waals surface area (Å²) in [4.78, 5) is 10.4. The van der Waals surface area contributed by atoms with E-state index >= 15 is 0 Å². The van der Waals surface area contributed by atoms with Gasteiger partial charge in [0.15, 0.2) is 0 Å². The molecule has 0 bridgehead atoms. The second-order valence-electron chi connectivity index (χ2n) is 4.36. The fourth-order valence-electron chi connectivity index (χ4n) is 1.21. The Hall–Kier alpha value is -0.820. The van der Waals surface area contributed by atoms with Crippen LogP contribution < -0.4 is 5.32 Å². The highest BCUT2D eigenvalue weighted by Crippen LogP contribution is 2.31. The van der Waals surface area contributed by atoms with Gasteiger partial charge in [-0.3, -0.25) is 10.1 Å². The second kappa shape index (κ2) is 5.88. The van der Waals surface area contributed by atoms with Gasteiger partial charge in [0.2, 0.25) is 0 Å². The third-order valence-electron chi connectivity index (χ3n) is 2.49. The molecule has 0 heterocycles. The maximum absolute atomic E-state index is 13.4. The molecule has 0 aliphatic rings. The van der Waals surface area contributed by atoms with Crippen LogP contribution in [0.25, 0.3) is 0 Å². The van der Waals surface area contributed by atoms with Crippen LogP contribution >= 0.6 is 27.7 Å². The van der Waals surface area contributed by atoms with Crippen molar-refractivity contribution in [1.29, 1.82) is 0 Å². The van der Waals surface area contributed by atoms with Crippen LogP contribution in [0.5, 0.6) is 0 Å². The molecule has 0 saturated carbocycles. The van der Waals surface area contributed by atoms with E-state index in [1.54, 1.807) is 11.8 Å². The number of halogens is 2. The predicted octanol–water partition coefficient (Wildman–Crippen LogP) is 4.05. The van der Waals surface area contributed by atoms with Crippen molar-refractivity contribution in [3.8, 4) is 0 Å². The summed E-state index contributed by atoms with van der Waals surface area (Å²) in [6, 6.07) is 2.31. The quantitative estimate of drug-likeness (QED) is 0.651. The van der Waals surface area contributed by atoms with Crippen LogP contribution in [0.1, 0.15) is 13.8 Å². The highest BCUT2D eigenvalue weighted by atomic mass is 79.9. The van der Waals surface area contributed by atoms with Crippen LogP contribution in [-0.2, 0) is 0 Å². The van der Waals surface area contributed by atoms with E-state index in [9.17, 15) is 14.5 Å². The molecule has 0 fully saturated rings. The fraction of sp³-hybridized carbons (Fsp3) is 0.455. The molecule has 4 nitrogen and oxygen atoms in total. The summed E-state index contributed by atoms with van der Waals surface area (Å²) >= 11 is 4.57. The molecule has 0 saturated heterocycles. The normalized spacial score (nSPS) is 11.4. The maximum Gasteiger partial charge on any atom is 0.293 e. The molecule has 0 amide bonds. The van der Waals surface area contributed by atoms with E-state index in [2.05, 4.69) is 21.2 Å². The van der Waals surface area contributed by atoms with Gasteiger partial charge in [0, 0.05) is 23.4 Å². The monoisotopic (exact) mass is 336 g/mol.